The normalized spacial score (nSPS) is 15.5. The van der Waals surface area contributed by atoms with Crippen LogP contribution in [0.3, 0.4) is 0 Å². The van der Waals surface area contributed by atoms with Gasteiger partial charge in [0, 0.05) is 13.0 Å². The van der Waals surface area contributed by atoms with E-state index in [2.05, 4.69) is 10.9 Å². The van der Waals surface area contributed by atoms with Gasteiger partial charge in [0.15, 0.2) is 6.61 Å². The lowest BCUT2D eigenvalue weighted by atomic mass is 10.1. The molecule has 164 valence electrons. The first-order valence-electron chi connectivity index (χ1n) is 10.2. The molecule has 1 aliphatic rings. The van der Waals surface area contributed by atoms with E-state index < -0.39 is 17.7 Å². The van der Waals surface area contributed by atoms with Gasteiger partial charge in [0.1, 0.15) is 11.5 Å². The second-order valence-electron chi connectivity index (χ2n) is 7.46. The Morgan fingerprint density at radius 1 is 1.06 bits per heavy atom. The van der Waals surface area contributed by atoms with Crippen LogP contribution in [-0.2, 0) is 14.4 Å². The number of amides is 3. The monoisotopic (exact) mass is 425 g/mol. The van der Waals surface area contributed by atoms with Crippen LogP contribution < -0.4 is 25.2 Å². The molecule has 0 radical (unpaired) electrons. The van der Waals surface area contributed by atoms with Crippen LogP contribution in [0.2, 0.25) is 0 Å². The maximum Gasteiger partial charge on any atom is 0.276 e. The zero-order valence-electron chi connectivity index (χ0n) is 17.9. The quantitative estimate of drug-likeness (QED) is 0.664. The summed E-state index contributed by atoms with van der Waals surface area (Å²) in [5.74, 6) is -0.486. The van der Waals surface area contributed by atoms with Crippen LogP contribution in [0.4, 0.5) is 5.69 Å². The molecule has 2 aromatic carbocycles. The molecule has 0 spiro atoms. The van der Waals surface area contributed by atoms with Gasteiger partial charge in [-0.2, -0.15) is 0 Å². The zero-order valence-corrected chi connectivity index (χ0v) is 17.9. The molecular formula is C23H27N3O5. The summed E-state index contributed by atoms with van der Waals surface area (Å²) in [6, 6.07) is 12.9. The molecule has 0 bridgehead atoms. The molecule has 1 heterocycles. The van der Waals surface area contributed by atoms with E-state index in [1.165, 1.54) is 0 Å². The van der Waals surface area contributed by atoms with Crippen LogP contribution in [0.25, 0.3) is 0 Å². The minimum absolute atomic E-state index is 0.0568. The van der Waals surface area contributed by atoms with Gasteiger partial charge >= 0.3 is 0 Å². The van der Waals surface area contributed by atoms with E-state index in [0.29, 0.717) is 23.8 Å². The zero-order chi connectivity index (χ0) is 22.4. The second-order valence-corrected chi connectivity index (χ2v) is 7.46. The number of carbonyl (C=O) groups excluding carboxylic acids is 3. The molecule has 2 aromatic rings. The lowest BCUT2D eigenvalue weighted by Crippen LogP contribution is -2.46. The fraction of sp³-hybridized carbons (Fsp3) is 0.348. The minimum atomic E-state index is -0.581. The highest BCUT2D eigenvalue weighted by Crippen LogP contribution is 2.33. The van der Waals surface area contributed by atoms with Crippen LogP contribution in [0, 0.1) is 19.8 Å². The van der Waals surface area contributed by atoms with E-state index in [4.69, 9.17) is 9.47 Å². The summed E-state index contributed by atoms with van der Waals surface area (Å²) in [5.41, 5.74) is 7.43. The number of rotatable bonds is 7. The number of hydrogen-bond acceptors (Lipinski definition) is 5. The topological polar surface area (TPSA) is 97.0 Å². The Morgan fingerprint density at radius 2 is 1.77 bits per heavy atom. The Kier molecular flexibility index (Phi) is 7.12. The Labute approximate surface area is 181 Å². The van der Waals surface area contributed by atoms with E-state index >= 15 is 0 Å². The van der Waals surface area contributed by atoms with Crippen molar-refractivity contribution in [1.29, 1.82) is 0 Å². The Morgan fingerprint density at radius 3 is 2.48 bits per heavy atom. The summed E-state index contributed by atoms with van der Waals surface area (Å²) in [6.07, 6.45) is 0.0568. The molecule has 1 aliphatic heterocycles. The lowest BCUT2D eigenvalue weighted by Gasteiger charge is -2.20. The Bertz CT molecular complexity index is 955. The fourth-order valence-electron chi connectivity index (χ4n) is 3.51. The highest BCUT2D eigenvalue weighted by Gasteiger charge is 2.36. The van der Waals surface area contributed by atoms with Gasteiger partial charge in [0.2, 0.25) is 11.8 Å². The molecule has 0 aliphatic carbocycles. The first-order valence-corrected chi connectivity index (χ1v) is 10.2. The number of carbonyl (C=O) groups is 3. The van der Waals surface area contributed by atoms with Crippen LogP contribution in [0.15, 0.2) is 42.5 Å². The number of hydrazine groups is 1. The van der Waals surface area contributed by atoms with E-state index in [1.807, 2.05) is 51.1 Å². The van der Waals surface area contributed by atoms with Crippen LogP contribution >= 0.6 is 0 Å². The lowest BCUT2D eigenvalue weighted by molar-refractivity contribution is -0.132. The molecular weight excluding hydrogens is 398 g/mol. The highest BCUT2D eigenvalue weighted by atomic mass is 16.5. The Hall–Kier alpha value is -3.55. The molecule has 3 rings (SSSR count). The average molecular weight is 425 g/mol. The minimum Gasteiger partial charge on any atom is -0.492 e. The molecule has 1 fully saturated rings. The van der Waals surface area contributed by atoms with E-state index in [0.717, 1.165) is 11.1 Å². The van der Waals surface area contributed by atoms with Crippen molar-refractivity contribution < 1.29 is 23.9 Å². The number of anilines is 1. The molecule has 1 saturated heterocycles. The number of para-hydroxylation sites is 2. The average Bonchev–Trinajstić information content (AvgIpc) is 3.12. The number of aryl methyl sites for hydroxylation is 2. The van der Waals surface area contributed by atoms with Gasteiger partial charge in [-0.25, -0.2) is 0 Å². The summed E-state index contributed by atoms with van der Waals surface area (Å²) < 4.78 is 11.1. The van der Waals surface area contributed by atoms with E-state index in [-0.39, 0.29) is 25.5 Å². The van der Waals surface area contributed by atoms with Gasteiger partial charge in [-0.15, -0.1) is 0 Å². The maximum absolute atomic E-state index is 12.5. The predicted molar refractivity (Wildman–Crippen MR) is 116 cm³/mol. The van der Waals surface area contributed by atoms with E-state index in [1.54, 1.807) is 17.0 Å². The summed E-state index contributed by atoms with van der Waals surface area (Å²) in [4.78, 5) is 38.5. The third kappa shape index (κ3) is 5.75. The van der Waals surface area contributed by atoms with Crippen molar-refractivity contribution in [2.45, 2.75) is 27.2 Å². The van der Waals surface area contributed by atoms with Gasteiger partial charge in [0.05, 0.1) is 18.2 Å². The maximum atomic E-state index is 12.5. The molecule has 3 amide bonds. The fourth-order valence-corrected chi connectivity index (χ4v) is 3.51. The van der Waals surface area contributed by atoms with Crippen molar-refractivity contribution in [1.82, 2.24) is 10.9 Å². The van der Waals surface area contributed by atoms with Crippen molar-refractivity contribution in [2.24, 2.45) is 5.92 Å². The first kappa shape index (κ1) is 22.1. The van der Waals surface area contributed by atoms with Crippen molar-refractivity contribution in [3.05, 3.63) is 53.6 Å². The number of hydrogen-bond donors (Lipinski definition) is 2. The van der Waals surface area contributed by atoms with Crippen molar-refractivity contribution in [2.75, 3.05) is 24.7 Å². The van der Waals surface area contributed by atoms with Crippen molar-refractivity contribution in [3.63, 3.8) is 0 Å². The number of benzene rings is 2. The number of nitrogens with zero attached hydrogens (tertiary/aromatic N) is 1. The molecule has 8 heteroatoms. The van der Waals surface area contributed by atoms with Crippen LogP contribution in [0.1, 0.15) is 24.5 Å². The molecule has 1 atom stereocenters. The Balaban J connectivity index is 1.51. The van der Waals surface area contributed by atoms with Crippen LogP contribution in [0.5, 0.6) is 11.5 Å². The molecule has 0 unspecified atom stereocenters. The molecule has 0 saturated carbocycles. The summed E-state index contributed by atoms with van der Waals surface area (Å²) in [5, 5.41) is 0. The predicted octanol–water partition coefficient (Wildman–Crippen LogP) is 2.28. The largest absolute Gasteiger partial charge is 0.492 e. The van der Waals surface area contributed by atoms with Gasteiger partial charge in [0.25, 0.3) is 5.91 Å². The molecule has 0 aromatic heterocycles. The van der Waals surface area contributed by atoms with Gasteiger partial charge in [-0.05, 0) is 56.2 Å². The summed E-state index contributed by atoms with van der Waals surface area (Å²) in [7, 11) is 0. The van der Waals surface area contributed by atoms with Crippen molar-refractivity contribution in [3.8, 4) is 11.5 Å². The molecule has 2 N–H and O–H groups in total. The second kappa shape index (κ2) is 9.97. The van der Waals surface area contributed by atoms with Gasteiger partial charge < -0.3 is 14.4 Å². The third-order valence-electron chi connectivity index (χ3n) is 4.84. The standard InChI is InChI=1S/C23H27N3O5/c1-4-30-20-8-6-5-7-19(20)26-13-17(12-22(26)28)23(29)25-24-21(27)14-31-18-10-15(2)9-16(3)11-18/h5-11,17H,4,12-14H2,1-3H3,(H,24,27)(H,25,29)/t17-/m1/s1. The third-order valence-corrected chi connectivity index (χ3v) is 4.84. The van der Waals surface area contributed by atoms with E-state index in [9.17, 15) is 14.4 Å². The number of ether oxygens (including phenoxy) is 2. The summed E-state index contributed by atoms with van der Waals surface area (Å²) in [6.45, 7) is 6.20. The van der Waals surface area contributed by atoms with Gasteiger partial charge in [-0.3, -0.25) is 25.2 Å². The SMILES string of the molecule is CCOc1ccccc1N1C[C@H](C(=O)NNC(=O)COc2cc(C)cc(C)c2)CC1=O. The molecule has 31 heavy (non-hydrogen) atoms. The smallest absolute Gasteiger partial charge is 0.276 e. The highest BCUT2D eigenvalue weighted by molar-refractivity contribution is 6.01. The first-order chi connectivity index (χ1) is 14.9. The molecule has 8 nitrogen and oxygen atoms in total. The number of nitrogens with one attached hydrogen (secondary N) is 2. The summed E-state index contributed by atoms with van der Waals surface area (Å²) >= 11 is 0. The van der Waals surface area contributed by atoms with Crippen molar-refractivity contribution >= 4 is 23.4 Å². The van der Waals surface area contributed by atoms with Gasteiger partial charge in [-0.1, -0.05) is 18.2 Å². The van der Waals surface area contributed by atoms with Crippen LogP contribution in [-0.4, -0.2) is 37.5 Å².